The fourth-order valence-electron chi connectivity index (χ4n) is 2.60. The average molecular weight is 421 g/mol. The van der Waals surface area contributed by atoms with E-state index >= 15 is 0 Å². The highest BCUT2D eigenvalue weighted by Crippen LogP contribution is 2.23. The van der Waals surface area contributed by atoms with Gasteiger partial charge in [0, 0.05) is 17.4 Å². The normalized spacial score (nSPS) is 9.96. The Hall–Kier alpha value is -2.24. The number of hydrogen-bond acceptors (Lipinski definition) is 4. The predicted octanol–water partition coefficient (Wildman–Crippen LogP) is 6.37. The highest BCUT2D eigenvalue weighted by atomic mass is 32.2. The lowest BCUT2D eigenvalue weighted by Gasteiger charge is -1.96. The Morgan fingerprint density at radius 1 is 0.929 bits per heavy atom. The molecule has 0 saturated carbocycles. The van der Waals surface area contributed by atoms with E-state index in [2.05, 4.69) is 55.0 Å². The third-order valence-electron chi connectivity index (χ3n) is 4.05. The summed E-state index contributed by atoms with van der Waals surface area (Å²) in [5.41, 5.74) is 3.51. The maximum absolute atomic E-state index is 11.2. The number of thioether (sulfide) groups is 1. The Morgan fingerprint density at radius 3 is 2.32 bits per heavy atom. The van der Waals surface area contributed by atoms with Crippen molar-refractivity contribution >= 4 is 39.6 Å². The van der Waals surface area contributed by atoms with Gasteiger partial charge in [0.15, 0.2) is 5.12 Å². The minimum atomic E-state index is 0.0900. The smallest absolute Gasteiger partial charge is 0.190 e. The molecule has 0 saturated heterocycles. The zero-order valence-electron chi connectivity index (χ0n) is 16.1. The van der Waals surface area contributed by atoms with E-state index in [0.29, 0.717) is 0 Å². The van der Waals surface area contributed by atoms with Crippen LogP contribution >= 0.6 is 34.4 Å². The molecule has 3 aromatic rings. The molecule has 0 radical (unpaired) electrons. The summed E-state index contributed by atoms with van der Waals surface area (Å²) in [4.78, 5) is 15.4. The quantitative estimate of drug-likeness (QED) is 0.362. The van der Waals surface area contributed by atoms with Crippen molar-refractivity contribution in [3.63, 3.8) is 0 Å². The van der Waals surface area contributed by atoms with Crippen LogP contribution in [0.2, 0.25) is 0 Å². The van der Waals surface area contributed by atoms with Gasteiger partial charge >= 0.3 is 0 Å². The lowest BCUT2D eigenvalue weighted by molar-refractivity contribution is -0.109. The van der Waals surface area contributed by atoms with Gasteiger partial charge in [0.25, 0.3) is 0 Å². The maximum atomic E-state index is 11.2. The van der Waals surface area contributed by atoms with Gasteiger partial charge in [-0.25, -0.2) is 0 Å². The van der Waals surface area contributed by atoms with Crippen LogP contribution in [-0.2, 0) is 17.6 Å². The number of thiophene rings is 2. The highest BCUT2D eigenvalue weighted by Gasteiger charge is 2.05. The molecule has 0 N–H and O–H groups in total. The van der Waals surface area contributed by atoms with Gasteiger partial charge in [-0.2, -0.15) is 0 Å². The van der Waals surface area contributed by atoms with Gasteiger partial charge in [-0.1, -0.05) is 37.5 Å². The molecule has 0 aliphatic carbocycles. The van der Waals surface area contributed by atoms with Crippen LogP contribution in [0.5, 0.6) is 0 Å². The first kappa shape index (κ1) is 20.5. The van der Waals surface area contributed by atoms with Crippen LogP contribution in [-0.4, -0.2) is 5.12 Å². The van der Waals surface area contributed by atoms with Crippen molar-refractivity contribution in [3.05, 3.63) is 73.1 Å². The molecule has 0 aliphatic heterocycles. The Balaban J connectivity index is 1.81. The summed E-state index contributed by atoms with van der Waals surface area (Å²) < 4.78 is 0. The fraction of sp³-hybridized carbons (Fsp3) is 0.208. The van der Waals surface area contributed by atoms with E-state index in [9.17, 15) is 4.79 Å². The summed E-state index contributed by atoms with van der Waals surface area (Å²) in [6.45, 7) is 5.88. The van der Waals surface area contributed by atoms with Crippen LogP contribution in [0, 0.1) is 23.7 Å². The SMILES string of the molecule is CCc1ccsc1C#Cc1cc(CC)c(C#Cc2ccc(SC(C)=O)cc2)s1. The summed E-state index contributed by atoms with van der Waals surface area (Å²) in [5.74, 6) is 13.2. The molecule has 4 heteroatoms. The molecule has 0 fully saturated rings. The van der Waals surface area contributed by atoms with Crippen LogP contribution < -0.4 is 0 Å². The number of benzene rings is 1. The van der Waals surface area contributed by atoms with Gasteiger partial charge in [-0.05, 0) is 77.6 Å². The molecular weight excluding hydrogens is 400 g/mol. The maximum Gasteiger partial charge on any atom is 0.190 e. The minimum Gasteiger partial charge on any atom is -0.287 e. The second kappa shape index (κ2) is 9.80. The molecule has 0 amide bonds. The zero-order valence-corrected chi connectivity index (χ0v) is 18.5. The Bertz CT molecular complexity index is 1090. The van der Waals surface area contributed by atoms with Gasteiger partial charge in [0.05, 0.1) is 14.6 Å². The van der Waals surface area contributed by atoms with E-state index in [4.69, 9.17) is 0 Å². The standard InChI is InChI=1S/C24H20OS3/c1-4-19-14-15-26-23(19)13-11-22-16-20(5-2)24(28-22)12-8-18-6-9-21(10-7-18)27-17(3)25/h6-7,9-10,14-16H,4-5H2,1-3H3. The first-order valence-corrected chi connectivity index (χ1v) is 11.6. The molecule has 1 aromatic carbocycles. The molecule has 28 heavy (non-hydrogen) atoms. The van der Waals surface area contributed by atoms with E-state index < -0.39 is 0 Å². The molecule has 0 unspecified atom stereocenters. The summed E-state index contributed by atoms with van der Waals surface area (Å²) in [5, 5.41) is 2.19. The number of rotatable bonds is 3. The summed E-state index contributed by atoms with van der Waals surface area (Å²) >= 11 is 4.60. The number of aryl methyl sites for hydroxylation is 2. The molecule has 140 valence electrons. The third-order valence-corrected chi connectivity index (χ3v) is 6.73. The van der Waals surface area contributed by atoms with Crippen molar-refractivity contribution < 1.29 is 4.79 Å². The molecule has 0 bridgehead atoms. The lowest BCUT2D eigenvalue weighted by Crippen LogP contribution is -1.82. The van der Waals surface area contributed by atoms with E-state index in [1.807, 2.05) is 24.3 Å². The van der Waals surface area contributed by atoms with Crippen LogP contribution in [0.15, 0.2) is 46.7 Å². The second-order valence-corrected chi connectivity index (χ2v) is 9.28. The molecule has 0 spiro atoms. The molecule has 2 heterocycles. The topological polar surface area (TPSA) is 17.1 Å². The third kappa shape index (κ3) is 5.40. The second-order valence-electron chi connectivity index (χ2n) is 6.07. The number of carbonyl (C=O) groups is 1. The van der Waals surface area contributed by atoms with Crippen molar-refractivity contribution in [1.82, 2.24) is 0 Å². The fourth-order valence-corrected chi connectivity index (χ4v) is 5.01. The van der Waals surface area contributed by atoms with Crippen molar-refractivity contribution in [2.75, 3.05) is 0 Å². The first-order chi connectivity index (χ1) is 13.6. The molecule has 3 rings (SSSR count). The highest BCUT2D eigenvalue weighted by molar-refractivity contribution is 8.13. The minimum absolute atomic E-state index is 0.0900. The van der Waals surface area contributed by atoms with Gasteiger partial charge in [-0.15, -0.1) is 22.7 Å². The molecular formula is C24H20OS3. The van der Waals surface area contributed by atoms with Crippen LogP contribution in [0.4, 0.5) is 0 Å². The molecule has 2 aromatic heterocycles. The van der Waals surface area contributed by atoms with Crippen LogP contribution in [0.3, 0.4) is 0 Å². The summed E-state index contributed by atoms with van der Waals surface area (Å²) in [7, 11) is 0. The monoisotopic (exact) mass is 420 g/mol. The summed E-state index contributed by atoms with van der Waals surface area (Å²) in [6.07, 6.45) is 1.95. The van der Waals surface area contributed by atoms with Crippen molar-refractivity contribution in [1.29, 1.82) is 0 Å². The van der Waals surface area contributed by atoms with Crippen molar-refractivity contribution in [2.24, 2.45) is 0 Å². The van der Waals surface area contributed by atoms with Gasteiger partial charge in [-0.3, -0.25) is 4.79 Å². The summed E-state index contributed by atoms with van der Waals surface area (Å²) in [6, 6.07) is 12.1. The van der Waals surface area contributed by atoms with E-state index in [1.165, 1.54) is 22.9 Å². The van der Waals surface area contributed by atoms with Crippen molar-refractivity contribution in [2.45, 2.75) is 38.5 Å². The average Bonchev–Trinajstić information content (AvgIpc) is 3.31. The lowest BCUT2D eigenvalue weighted by atomic mass is 10.1. The molecule has 1 nitrogen and oxygen atoms in total. The van der Waals surface area contributed by atoms with Crippen LogP contribution in [0.25, 0.3) is 0 Å². The van der Waals surface area contributed by atoms with Gasteiger partial charge < -0.3 is 0 Å². The first-order valence-electron chi connectivity index (χ1n) is 9.10. The van der Waals surface area contributed by atoms with E-state index in [1.54, 1.807) is 29.6 Å². The predicted molar refractivity (Wildman–Crippen MR) is 122 cm³/mol. The Labute approximate surface area is 179 Å². The van der Waals surface area contributed by atoms with Gasteiger partial charge in [0.1, 0.15) is 0 Å². The molecule has 0 atom stereocenters. The number of hydrogen-bond donors (Lipinski definition) is 0. The Kier molecular flexibility index (Phi) is 7.18. The van der Waals surface area contributed by atoms with Crippen molar-refractivity contribution in [3.8, 4) is 23.7 Å². The van der Waals surface area contributed by atoms with Crippen LogP contribution in [0.1, 0.15) is 52.1 Å². The molecule has 0 aliphatic rings. The number of carbonyl (C=O) groups excluding carboxylic acids is 1. The Morgan fingerprint density at radius 2 is 1.64 bits per heavy atom. The largest absolute Gasteiger partial charge is 0.287 e. The zero-order chi connectivity index (χ0) is 19.9. The van der Waals surface area contributed by atoms with E-state index in [-0.39, 0.29) is 5.12 Å². The van der Waals surface area contributed by atoms with E-state index in [0.717, 1.165) is 37.9 Å². The van der Waals surface area contributed by atoms with Gasteiger partial charge in [0.2, 0.25) is 0 Å².